The van der Waals surface area contributed by atoms with E-state index in [1.165, 1.54) is 13.3 Å². The molecule has 0 radical (unpaired) electrons. The van der Waals surface area contributed by atoms with Crippen LogP contribution in [0.25, 0.3) is 0 Å². The number of carbonyl (C=O) groups is 1. The topological polar surface area (TPSA) is 50.4 Å². The zero-order chi connectivity index (χ0) is 12.1. The van der Waals surface area contributed by atoms with Crippen molar-refractivity contribution in [3.8, 4) is 5.75 Å². The van der Waals surface area contributed by atoms with E-state index in [1.54, 1.807) is 0 Å². The lowest BCUT2D eigenvalue weighted by Gasteiger charge is -2.11. The van der Waals surface area contributed by atoms with Crippen LogP contribution in [0.1, 0.15) is 13.3 Å². The predicted molar refractivity (Wildman–Crippen MR) is 67.2 cm³/mol. The van der Waals surface area contributed by atoms with Gasteiger partial charge in [-0.2, -0.15) is 0 Å². The molecule has 0 saturated carbocycles. The first-order valence-corrected chi connectivity index (χ1v) is 5.95. The summed E-state index contributed by atoms with van der Waals surface area (Å²) in [6.45, 7) is 4.35. The molecule has 0 bridgehead atoms. The number of ether oxygens (including phenoxy) is 1. The molecule has 1 aromatic carbocycles. The van der Waals surface area contributed by atoms with Gasteiger partial charge in [-0.05, 0) is 25.1 Å². The first kappa shape index (κ1) is 11.9. The minimum atomic E-state index is -0.0675. The third-order valence-corrected chi connectivity index (χ3v) is 2.80. The van der Waals surface area contributed by atoms with E-state index in [0.29, 0.717) is 5.92 Å². The van der Waals surface area contributed by atoms with Gasteiger partial charge in [0.1, 0.15) is 5.75 Å². The summed E-state index contributed by atoms with van der Waals surface area (Å²) in [6, 6.07) is 7.50. The van der Waals surface area contributed by atoms with Crippen LogP contribution in [0.4, 0.5) is 5.69 Å². The van der Waals surface area contributed by atoms with Crippen LogP contribution < -0.4 is 15.4 Å². The lowest BCUT2D eigenvalue weighted by Crippen LogP contribution is -2.15. The highest BCUT2D eigenvalue weighted by Gasteiger charge is 2.14. The van der Waals surface area contributed by atoms with Crippen molar-refractivity contribution >= 4 is 11.6 Å². The van der Waals surface area contributed by atoms with Crippen molar-refractivity contribution in [3.05, 3.63) is 24.3 Å². The van der Waals surface area contributed by atoms with Crippen LogP contribution in [0, 0.1) is 5.92 Å². The molecule has 4 heteroatoms. The Labute approximate surface area is 101 Å². The van der Waals surface area contributed by atoms with Gasteiger partial charge < -0.3 is 15.4 Å². The molecule has 17 heavy (non-hydrogen) atoms. The summed E-state index contributed by atoms with van der Waals surface area (Å²) in [7, 11) is 0. The molecule has 0 spiro atoms. The molecule has 1 amide bonds. The zero-order valence-electron chi connectivity index (χ0n) is 10.0. The number of hydrogen-bond acceptors (Lipinski definition) is 3. The molecule has 1 aliphatic rings. The lowest BCUT2D eigenvalue weighted by atomic mass is 10.1. The summed E-state index contributed by atoms with van der Waals surface area (Å²) in [5, 5.41) is 6.05. The normalized spacial score (nSPS) is 19.0. The highest BCUT2D eigenvalue weighted by molar-refractivity contribution is 5.88. The zero-order valence-corrected chi connectivity index (χ0v) is 10.0. The van der Waals surface area contributed by atoms with Gasteiger partial charge in [-0.25, -0.2) is 0 Å². The van der Waals surface area contributed by atoms with E-state index in [-0.39, 0.29) is 5.91 Å². The Bertz CT molecular complexity index is 387. The van der Waals surface area contributed by atoms with E-state index in [2.05, 4.69) is 10.6 Å². The highest BCUT2D eigenvalue weighted by atomic mass is 16.5. The molecule has 92 valence electrons. The number of anilines is 1. The highest BCUT2D eigenvalue weighted by Crippen LogP contribution is 2.19. The molecular formula is C13H18N2O2. The quantitative estimate of drug-likeness (QED) is 0.832. The van der Waals surface area contributed by atoms with Gasteiger partial charge in [-0.15, -0.1) is 0 Å². The lowest BCUT2D eigenvalue weighted by molar-refractivity contribution is -0.114. The molecule has 0 aromatic heterocycles. The second kappa shape index (κ2) is 5.68. The summed E-state index contributed by atoms with van der Waals surface area (Å²) >= 11 is 0. The number of nitrogens with one attached hydrogen (secondary N) is 2. The maximum atomic E-state index is 10.9. The van der Waals surface area contributed by atoms with Gasteiger partial charge in [-0.1, -0.05) is 6.07 Å². The molecule has 1 aliphatic heterocycles. The van der Waals surface area contributed by atoms with Gasteiger partial charge in [0.05, 0.1) is 6.61 Å². The Hall–Kier alpha value is -1.55. The van der Waals surface area contributed by atoms with E-state index in [0.717, 1.165) is 31.1 Å². The molecular weight excluding hydrogens is 216 g/mol. The van der Waals surface area contributed by atoms with E-state index >= 15 is 0 Å². The van der Waals surface area contributed by atoms with Crippen molar-refractivity contribution in [1.29, 1.82) is 0 Å². The van der Waals surface area contributed by atoms with Crippen molar-refractivity contribution < 1.29 is 9.53 Å². The van der Waals surface area contributed by atoms with Crippen LogP contribution >= 0.6 is 0 Å². The fraction of sp³-hybridized carbons (Fsp3) is 0.462. The number of hydrogen-bond donors (Lipinski definition) is 2. The monoisotopic (exact) mass is 234 g/mol. The Kier molecular flexibility index (Phi) is 3.98. The number of carbonyl (C=O) groups excluding carboxylic acids is 1. The van der Waals surface area contributed by atoms with Crippen molar-refractivity contribution in [2.75, 3.05) is 25.0 Å². The van der Waals surface area contributed by atoms with E-state index in [1.807, 2.05) is 24.3 Å². The molecule has 1 saturated heterocycles. The summed E-state index contributed by atoms with van der Waals surface area (Å²) in [5.41, 5.74) is 0.777. The molecule has 1 atom stereocenters. The maximum absolute atomic E-state index is 10.9. The van der Waals surface area contributed by atoms with Crippen molar-refractivity contribution in [2.45, 2.75) is 13.3 Å². The molecule has 1 fully saturated rings. The smallest absolute Gasteiger partial charge is 0.221 e. The first-order chi connectivity index (χ1) is 8.24. The first-order valence-electron chi connectivity index (χ1n) is 5.95. The fourth-order valence-electron chi connectivity index (χ4n) is 1.94. The molecule has 1 heterocycles. The number of benzene rings is 1. The van der Waals surface area contributed by atoms with Gasteiger partial charge in [0.25, 0.3) is 0 Å². The summed E-state index contributed by atoms with van der Waals surface area (Å²) in [5.74, 6) is 1.34. The number of rotatable bonds is 4. The van der Waals surface area contributed by atoms with Crippen molar-refractivity contribution in [1.82, 2.24) is 5.32 Å². The maximum Gasteiger partial charge on any atom is 0.221 e. The largest absolute Gasteiger partial charge is 0.493 e. The van der Waals surface area contributed by atoms with Crippen LogP contribution in [-0.4, -0.2) is 25.6 Å². The van der Waals surface area contributed by atoms with Gasteiger partial charge in [-0.3, -0.25) is 4.79 Å². The van der Waals surface area contributed by atoms with Crippen LogP contribution in [0.3, 0.4) is 0 Å². The minimum absolute atomic E-state index is 0.0675. The second-order valence-corrected chi connectivity index (χ2v) is 4.38. The fourth-order valence-corrected chi connectivity index (χ4v) is 1.94. The Morgan fingerprint density at radius 3 is 3.18 bits per heavy atom. The summed E-state index contributed by atoms with van der Waals surface area (Å²) < 4.78 is 5.72. The predicted octanol–water partition coefficient (Wildman–Crippen LogP) is 1.63. The van der Waals surface area contributed by atoms with E-state index in [9.17, 15) is 4.79 Å². The molecule has 2 N–H and O–H groups in total. The average molecular weight is 234 g/mol. The van der Waals surface area contributed by atoms with E-state index < -0.39 is 0 Å². The minimum Gasteiger partial charge on any atom is -0.493 e. The molecule has 2 rings (SSSR count). The van der Waals surface area contributed by atoms with Gasteiger partial charge >= 0.3 is 0 Å². The van der Waals surface area contributed by atoms with Crippen molar-refractivity contribution in [2.24, 2.45) is 5.92 Å². The summed E-state index contributed by atoms with van der Waals surface area (Å²) in [4.78, 5) is 10.9. The van der Waals surface area contributed by atoms with Crippen LogP contribution in [-0.2, 0) is 4.79 Å². The van der Waals surface area contributed by atoms with Gasteiger partial charge in [0.2, 0.25) is 5.91 Å². The number of amides is 1. The second-order valence-electron chi connectivity index (χ2n) is 4.38. The van der Waals surface area contributed by atoms with Crippen LogP contribution in [0.2, 0.25) is 0 Å². The third kappa shape index (κ3) is 3.75. The Morgan fingerprint density at radius 1 is 1.59 bits per heavy atom. The standard InChI is InChI=1S/C13H18N2O2/c1-10(16)15-12-3-2-4-13(7-12)17-9-11-5-6-14-8-11/h2-4,7,11,14H,5-6,8-9H2,1H3,(H,15,16). The Morgan fingerprint density at radius 2 is 2.47 bits per heavy atom. The van der Waals surface area contributed by atoms with E-state index in [4.69, 9.17) is 4.74 Å². The van der Waals surface area contributed by atoms with Gasteiger partial charge in [0.15, 0.2) is 0 Å². The molecule has 1 aromatic rings. The SMILES string of the molecule is CC(=O)Nc1cccc(OCC2CCNC2)c1. The van der Waals surface area contributed by atoms with Crippen molar-refractivity contribution in [3.63, 3.8) is 0 Å². The van der Waals surface area contributed by atoms with Crippen LogP contribution in [0.5, 0.6) is 5.75 Å². The molecule has 4 nitrogen and oxygen atoms in total. The Balaban J connectivity index is 1.88. The third-order valence-electron chi connectivity index (χ3n) is 2.80. The average Bonchev–Trinajstić information content (AvgIpc) is 2.79. The summed E-state index contributed by atoms with van der Waals surface area (Å²) in [6.07, 6.45) is 1.17. The molecule has 0 aliphatic carbocycles. The van der Waals surface area contributed by atoms with Gasteiger partial charge in [0, 0.05) is 31.1 Å². The molecule has 1 unspecified atom stereocenters. The van der Waals surface area contributed by atoms with Crippen LogP contribution in [0.15, 0.2) is 24.3 Å².